The predicted molar refractivity (Wildman–Crippen MR) is 115 cm³/mol. The fourth-order valence-corrected chi connectivity index (χ4v) is 5.33. The molecule has 1 unspecified atom stereocenters. The van der Waals surface area contributed by atoms with Gasteiger partial charge in [0.25, 0.3) is 5.91 Å². The minimum Gasteiger partial charge on any atom is -0.342 e. The Hall–Kier alpha value is -2.98. The predicted octanol–water partition coefficient (Wildman–Crippen LogP) is 3.36. The summed E-state index contributed by atoms with van der Waals surface area (Å²) in [5.41, 5.74) is 2.03. The summed E-state index contributed by atoms with van der Waals surface area (Å²) in [6.45, 7) is 2.58. The Kier molecular flexibility index (Phi) is 5.60. The molecule has 1 saturated carbocycles. The molecule has 1 spiro atoms. The molecule has 2 aromatic heterocycles. The molecule has 0 radical (unpaired) electrons. The van der Waals surface area contributed by atoms with Gasteiger partial charge in [-0.3, -0.25) is 14.7 Å². The van der Waals surface area contributed by atoms with Gasteiger partial charge in [0.05, 0.1) is 17.3 Å². The molecule has 34 heavy (non-hydrogen) atoms. The molecule has 1 N–H and O–H groups in total. The van der Waals surface area contributed by atoms with Crippen molar-refractivity contribution in [1.82, 2.24) is 30.0 Å². The maximum atomic E-state index is 13.3. The van der Waals surface area contributed by atoms with Gasteiger partial charge in [-0.05, 0) is 57.6 Å². The van der Waals surface area contributed by atoms with E-state index in [0.717, 1.165) is 18.5 Å². The van der Waals surface area contributed by atoms with Crippen molar-refractivity contribution in [3.05, 3.63) is 29.8 Å². The van der Waals surface area contributed by atoms with E-state index in [9.17, 15) is 22.8 Å². The van der Waals surface area contributed by atoms with E-state index in [1.165, 1.54) is 6.33 Å². The van der Waals surface area contributed by atoms with E-state index in [0.29, 0.717) is 36.5 Å². The molecule has 5 rings (SSSR count). The van der Waals surface area contributed by atoms with Crippen LogP contribution in [0.15, 0.2) is 18.5 Å². The number of aromatic nitrogens is 4. The zero-order chi connectivity index (χ0) is 24.1. The highest BCUT2D eigenvalue weighted by Gasteiger charge is 2.55. The zero-order valence-corrected chi connectivity index (χ0v) is 18.9. The zero-order valence-electron chi connectivity index (χ0n) is 18.9. The van der Waals surface area contributed by atoms with Gasteiger partial charge in [-0.1, -0.05) is 0 Å². The van der Waals surface area contributed by atoms with E-state index in [2.05, 4.69) is 20.2 Å². The third-order valence-electron chi connectivity index (χ3n) is 7.47. The minimum atomic E-state index is -4.20. The second kappa shape index (κ2) is 8.35. The Labute approximate surface area is 194 Å². The van der Waals surface area contributed by atoms with Crippen LogP contribution in [0.3, 0.4) is 0 Å². The van der Waals surface area contributed by atoms with Crippen LogP contribution in [0.2, 0.25) is 0 Å². The lowest BCUT2D eigenvalue weighted by Gasteiger charge is -2.42. The molecule has 3 aliphatic rings. The molecule has 8 nitrogen and oxygen atoms in total. The van der Waals surface area contributed by atoms with Crippen LogP contribution in [-0.4, -0.2) is 73.1 Å². The van der Waals surface area contributed by atoms with Crippen molar-refractivity contribution in [2.24, 2.45) is 11.8 Å². The highest BCUT2D eigenvalue weighted by molar-refractivity contribution is 5.94. The molecule has 2 aromatic rings. The van der Waals surface area contributed by atoms with Gasteiger partial charge in [-0.25, -0.2) is 9.97 Å². The quantitative estimate of drug-likeness (QED) is 0.733. The number of hydrogen-bond acceptors (Lipinski definition) is 5. The first kappa shape index (κ1) is 22.8. The van der Waals surface area contributed by atoms with Crippen LogP contribution in [0, 0.1) is 18.8 Å². The number of carbonyl (C=O) groups is 2. The first-order chi connectivity index (χ1) is 16.2. The summed E-state index contributed by atoms with van der Waals surface area (Å²) >= 11 is 0. The molecule has 2 saturated heterocycles. The molecular weight excluding hydrogens is 449 g/mol. The number of rotatable bonds is 3. The lowest BCUT2D eigenvalue weighted by molar-refractivity contribution is -0.187. The molecule has 1 atom stereocenters. The van der Waals surface area contributed by atoms with Crippen molar-refractivity contribution in [3.63, 3.8) is 0 Å². The van der Waals surface area contributed by atoms with Crippen LogP contribution >= 0.6 is 0 Å². The number of nitrogens with one attached hydrogen (secondary N) is 1. The molecule has 0 aromatic carbocycles. The van der Waals surface area contributed by atoms with Gasteiger partial charge in [-0.2, -0.15) is 18.3 Å². The number of likely N-dealkylation sites (tertiary alicyclic amines) is 2. The SMILES string of the molecule is Cc1cc(-c2cc(C(=O)N3CCC(C(=O)N4CCC(C(F)(F)F)CC4)CC34CC4)n[nH]2)ncn1. The number of hydrogen-bond donors (Lipinski definition) is 1. The summed E-state index contributed by atoms with van der Waals surface area (Å²) < 4.78 is 38.9. The molecule has 4 heterocycles. The molecule has 0 bridgehead atoms. The molecule has 2 aliphatic heterocycles. The molecule has 3 fully saturated rings. The van der Waals surface area contributed by atoms with Gasteiger partial charge in [0, 0.05) is 36.8 Å². The van der Waals surface area contributed by atoms with Crippen molar-refractivity contribution in [2.75, 3.05) is 19.6 Å². The van der Waals surface area contributed by atoms with Crippen LogP contribution in [0.1, 0.15) is 54.7 Å². The normalized spacial score (nSPS) is 22.8. The van der Waals surface area contributed by atoms with Gasteiger partial charge >= 0.3 is 6.18 Å². The third kappa shape index (κ3) is 4.27. The fraction of sp³-hybridized carbons (Fsp3) is 0.609. The average molecular weight is 477 g/mol. The van der Waals surface area contributed by atoms with Gasteiger partial charge in [-0.15, -0.1) is 0 Å². The van der Waals surface area contributed by atoms with Gasteiger partial charge in [0.1, 0.15) is 6.33 Å². The Morgan fingerprint density at radius 3 is 2.47 bits per heavy atom. The Bertz CT molecular complexity index is 1090. The summed E-state index contributed by atoms with van der Waals surface area (Å²) in [6.07, 6.45) is -0.109. The van der Waals surface area contributed by atoms with Crippen LogP contribution in [-0.2, 0) is 4.79 Å². The Balaban J connectivity index is 1.23. The highest BCUT2D eigenvalue weighted by atomic mass is 19.4. The number of aromatic amines is 1. The maximum Gasteiger partial charge on any atom is 0.391 e. The summed E-state index contributed by atoms with van der Waals surface area (Å²) in [4.78, 5) is 38.1. The number of carbonyl (C=O) groups excluding carboxylic acids is 2. The van der Waals surface area contributed by atoms with Crippen LogP contribution in [0.5, 0.6) is 0 Å². The Morgan fingerprint density at radius 2 is 1.82 bits per heavy atom. The fourth-order valence-electron chi connectivity index (χ4n) is 5.33. The van der Waals surface area contributed by atoms with Crippen molar-refractivity contribution in [2.45, 2.75) is 57.2 Å². The number of amides is 2. The van der Waals surface area contributed by atoms with Crippen molar-refractivity contribution in [1.29, 1.82) is 0 Å². The van der Waals surface area contributed by atoms with E-state index in [1.807, 2.05) is 11.8 Å². The van der Waals surface area contributed by atoms with Crippen LogP contribution in [0.4, 0.5) is 13.2 Å². The average Bonchev–Trinajstić information content (AvgIpc) is 3.39. The second-order valence-electron chi connectivity index (χ2n) is 9.72. The number of piperidine rings is 2. The van der Waals surface area contributed by atoms with Gasteiger partial charge < -0.3 is 9.80 Å². The van der Waals surface area contributed by atoms with Crippen LogP contribution in [0.25, 0.3) is 11.4 Å². The number of alkyl halides is 3. The van der Waals surface area contributed by atoms with E-state index < -0.39 is 12.1 Å². The van der Waals surface area contributed by atoms with Crippen molar-refractivity contribution in [3.8, 4) is 11.4 Å². The molecule has 182 valence electrons. The molecular formula is C23H27F3N6O2. The van der Waals surface area contributed by atoms with Gasteiger partial charge in [0.2, 0.25) is 5.91 Å². The maximum absolute atomic E-state index is 13.3. The first-order valence-electron chi connectivity index (χ1n) is 11.7. The minimum absolute atomic E-state index is 0.0366. The van der Waals surface area contributed by atoms with E-state index in [1.54, 1.807) is 17.0 Å². The number of H-pyrrole nitrogens is 1. The molecule has 11 heteroatoms. The smallest absolute Gasteiger partial charge is 0.342 e. The van der Waals surface area contributed by atoms with Gasteiger partial charge in [0.15, 0.2) is 5.69 Å². The number of halogens is 3. The highest BCUT2D eigenvalue weighted by Crippen LogP contribution is 2.51. The van der Waals surface area contributed by atoms with Crippen LogP contribution < -0.4 is 0 Å². The topological polar surface area (TPSA) is 95.1 Å². The summed E-state index contributed by atoms with van der Waals surface area (Å²) in [5, 5.41) is 7.07. The van der Waals surface area contributed by atoms with E-state index >= 15 is 0 Å². The molecule has 2 amide bonds. The molecule has 1 aliphatic carbocycles. The summed E-state index contributed by atoms with van der Waals surface area (Å²) in [6, 6.07) is 3.49. The first-order valence-corrected chi connectivity index (χ1v) is 11.7. The summed E-state index contributed by atoms with van der Waals surface area (Å²) in [5.74, 6) is -1.83. The number of aryl methyl sites for hydroxylation is 1. The monoisotopic (exact) mass is 476 g/mol. The van der Waals surface area contributed by atoms with E-state index in [4.69, 9.17) is 0 Å². The lowest BCUT2D eigenvalue weighted by Crippen LogP contribution is -2.52. The lowest BCUT2D eigenvalue weighted by atomic mass is 9.86. The largest absolute Gasteiger partial charge is 0.391 e. The van der Waals surface area contributed by atoms with E-state index in [-0.39, 0.29) is 49.2 Å². The summed E-state index contributed by atoms with van der Waals surface area (Å²) in [7, 11) is 0. The third-order valence-corrected chi connectivity index (χ3v) is 7.47. The second-order valence-corrected chi connectivity index (χ2v) is 9.72. The van der Waals surface area contributed by atoms with Crippen molar-refractivity contribution < 1.29 is 22.8 Å². The van der Waals surface area contributed by atoms with Crippen molar-refractivity contribution >= 4 is 11.8 Å². The Morgan fingerprint density at radius 1 is 1.09 bits per heavy atom. The number of nitrogens with zero attached hydrogens (tertiary/aromatic N) is 5. The standard InChI is InChI=1S/C23H27F3N6O2/c1-14-10-17(28-13-27-14)18-11-19(30-29-18)21(34)32-9-2-15(12-22(32)5-6-22)20(33)31-7-3-16(4-8-31)23(24,25)26/h10-11,13,15-16H,2-9,12H2,1H3,(H,29,30).